The van der Waals surface area contributed by atoms with Crippen LogP contribution in [0.5, 0.6) is 5.88 Å². The Morgan fingerprint density at radius 2 is 2.22 bits per heavy atom. The number of rotatable bonds is 9. The molecule has 1 aromatic heterocycles. The van der Waals surface area contributed by atoms with Gasteiger partial charge in [0.25, 0.3) is 0 Å². The van der Waals surface area contributed by atoms with Gasteiger partial charge in [0, 0.05) is 18.9 Å². The van der Waals surface area contributed by atoms with Crippen molar-refractivity contribution in [3.05, 3.63) is 35.5 Å². The fourth-order valence-electron chi connectivity index (χ4n) is 2.15. The summed E-state index contributed by atoms with van der Waals surface area (Å²) >= 11 is 0. The average molecular weight is 321 g/mol. The number of pyridine rings is 1. The second kappa shape index (κ2) is 10.4. The molecule has 5 heteroatoms. The molecule has 0 saturated carbocycles. The molecule has 1 saturated heterocycles. The third kappa shape index (κ3) is 7.59. The van der Waals surface area contributed by atoms with E-state index >= 15 is 0 Å². The number of allylic oxidation sites excluding steroid dienone is 1. The van der Waals surface area contributed by atoms with Gasteiger partial charge in [0.1, 0.15) is 6.61 Å². The summed E-state index contributed by atoms with van der Waals surface area (Å²) in [6, 6.07) is 3.83. The zero-order chi connectivity index (χ0) is 16.3. The number of ether oxygens (including phenoxy) is 4. The van der Waals surface area contributed by atoms with E-state index < -0.39 is 0 Å². The lowest BCUT2D eigenvalue weighted by molar-refractivity contribution is -0.165. The minimum Gasteiger partial charge on any atom is -0.475 e. The second-order valence-electron chi connectivity index (χ2n) is 5.82. The minimum atomic E-state index is -0.0689. The van der Waals surface area contributed by atoms with Crippen LogP contribution in [-0.2, 0) is 20.8 Å². The quantitative estimate of drug-likeness (QED) is 0.515. The molecule has 128 valence electrons. The highest BCUT2D eigenvalue weighted by Crippen LogP contribution is 2.13. The lowest BCUT2D eigenvalue weighted by Crippen LogP contribution is -2.24. The van der Waals surface area contributed by atoms with Gasteiger partial charge < -0.3 is 18.9 Å². The van der Waals surface area contributed by atoms with E-state index in [-0.39, 0.29) is 6.29 Å². The summed E-state index contributed by atoms with van der Waals surface area (Å²) < 4.78 is 22.2. The summed E-state index contributed by atoms with van der Waals surface area (Å²) in [5.74, 6) is 0.603. The fourth-order valence-corrected chi connectivity index (χ4v) is 2.15. The minimum absolute atomic E-state index is 0.0689. The molecule has 1 unspecified atom stereocenters. The van der Waals surface area contributed by atoms with E-state index in [4.69, 9.17) is 18.9 Å². The SMILES string of the molecule is CC(C)=CCOCc1ccc(OCCOC2CCCCO2)nc1. The van der Waals surface area contributed by atoms with Crippen LogP contribution in [-0.4, -0.2) is 37.7 Å². The Balaban J connectivity index is 1.59. The lowest BCUT2D eigenvalue weighted by atomic mass is 10.2. The Bertz CT molecular complexity index is 462. The van der Waals surface area contributed by atoms with Crippen molar-refractivity contribution in [2.24, 2.45) is 0 Å². The first-order valence-corrected chi connectivity index (χ1v) is 8.26. The van der Waals surface area contributed by atoms with Crippen LogP contribution >= 0.6 is 0 Å². The molecule has 1 atom stereocenters. The molecule has 5 nitrogen and oxygen atoms in total. The molecule has 1 aromatic rings. The number of hydrogen-bond donors (Lipinski definition) is 0. The predicted octanol–water partition coefficient (Wildman–Crippen LogP) is 3.49. The summed E-state index contributed by atoms with van der Waals surface area (Å²) in [4.78, 5) is 4.27. The number of nitrogens with zero attached hydrogens (tertiary/aromatic N) is 1. The third-order valence-electron chi connectivity index (χ3n) is 3.45. The predicted molar refractivity (Wildman–Crippen MR) is 88.4 cm³/mol. The molecule has 2 rings (SSSR count). The van der Waals surface area contributed by atoms with Crippen molar-refractivity contribution >= 4 is 0 Å². The van der Waals surface area contributed by atoms with Crippen molar-refractivity contribution in [1.29, 1.82) is 0 Å². The van der Waals surface area contributed by atoms with Crippen LogP contribution in [0.25, 0.3) is 0 Å². The normalized spacial score (nSPS) is 17.7. The highest BCUT2D eigenvalue weighted by Gasteiger charge is 2.13. The van der Waals surface area contributed by atoms with E-state index in [1.165, 1.54) is 12.0 Å². The zero-order valence-electron chi connectivity index (χ0n) is 14.1. The number of aromatic nitrogens is 1. The van der Waals surface area contributed by atoms with E-state index in [1.54, 1.807) is 6.20 Å². The molecule has 0 aliphatic carbocycles. The average Bonchev–Trinajstić information content (AvgIpc) is 2.57. The maximum atomic E-state index is 5.61. The summed E-state index contributed by atoms with van der Waals surface area (Å²) in [6.07, 6.45) is 7.04. The van der Waals surface area contributed by atoms with Gasteiger partial charge in [-0.25, -0.2) is 4.98 Å². The fraction of sp³-hybridized carbons (Fsp3) is 0.611. The van der Waals surface area contributed by atoms with Crippen molar-refractivity contribution in [2.75, 3.05) is 26.4 Å². The molecule has 0 N–H and O–H groups in total. The van der Waals surface area contributed by atoms with Crippen LogP contribution in [0.15, 0.2) is 30.0 Å². The van der Waals surface area contributed by atoms with Crippen LogP contribution in [0, 0.1) is 0 Å². The molecule has 0 spiro atoms. The summed E-state index contributed by atoms with van der Waals surface area (Å²) in [6.45, 7) is 7.08. The number of hydrogen-bond acceptors (Lipinski definition) is 5. The van der Waals surface area contributed by atoms with E-state index in [0.717, 1.165) is 25.0 Å². The van der Waals surface area contributed by atoms with Crippen LogP contribution in [0.3, 0.4) is 0 Å². The van der Waals surface area contributed by atoms with Gasteiger partial charge in [-0.3, -0.25) is 0 Å². The van der Waals surface area contributed by atoms with E-state index in [9.17, 15) is 0 Å². The van der Waals surface area contributed by atoms with Crippen molar-refractivity contribution in [1.82, 2.24) is 4.98 Å². The molecular weight excluding hydrogens is 294 g/mol. The Morgan fingerprint density at radius 3 is 2.91 bits per heavy atom. The Hall–Kier alpha value is -1.43. The third-order valence-corrected chi connectivity index (χ3v) is 3.45. The molecule has 23 heavy (non-hydrogen) atoms. The molecule has 0 radical (unpaired) electrons. The Kier molecular flexibility index (Phi) is 8.07. The van der Waals surface area contributed by atoms with E-state index in [0.29, 0.717) is 32.3 Å². The van der Waals surface area contributed by atoms with Gasteiger partial charge in [0.05, 0.1) is 19.8 Å². The lowest BCUT2D eigenvalue weighted by Gasteiger charge is -2.22. The smallest absolute Gasteiger partial charge is 0.213 e. The van der Waals surface area contributed by atoms with Gasteiger partial charge in [0.2, 0.25) is 5.88 Å². The highest BCUT2D eigenvalue weighted by atomic mass is 16.7. The summed E-state index contributed by atoms with van der Waals surface area (Å²) in [5.41, 5.74) is 2.29. The zero-order valence-corrected chi connectivity index (χ0v) is 14.1. The maximum Gasteiger partial charge on any atom is 0.213 e. The highest BCUT2D eigenvalue weighted by molar-refractivity contribution is 5.17. The first-order chi connectivity index (χ1) is 11.2. The first kappa shape index (κ1) is 17.9. The van der Waals surface area contributed by atoms with Gasteiger partial charge in [-0.15, -0.1) is 0 Å². The molecular formula is C18H27NO4. The van der Waals surface area contributed by atoms with Crippen molar-refractivity contribution in [3.8, 4) is 5.88 Å². The van der Waals surface area contributed by atoms with Crippen molar-refractivity contribution in [3.63, 3.8) is 0 Å². The van der Waals surface area contributed by atoms with E-state index in [1.807, 2.05) is 12.1 Å². The molecule has 0 aromatic carbocycles. The molecule has 1 aliphatic heterocycles. The standard InChI is InChI=1S/C18H27NO4/c1-15(2)8-10-20-14-16-6-7-17(19-13-16)21-11-12-23-18-5-3-4-9-22-18/h6-8,13,18H,3-5,9-12,14H2,1-2H3. The molecule has 1 fully saturated rings. The second-order valence-corrected chi connectivity index (χ2v) is 5.82. The van der Waals surface area contributed by atoms with Crippen molar-refractivity contribution < 1.29 is 18.9 Å². The van der Waals surface area contributed by atoms with Crippen LogP contribution in [0.2, 0.25) is 0 Å². The molecule has 0 bridgehead atoms. The largest absolute Gasteiger partial charge is 0.475 e. The van der Waals surface area contributed by atoms with Crippen LogP contribution in [0.1, 0.15) is 38.7 Å². The summed E-state index contributed by atoms with van der Waals surface area (Å²) in [5, 5.41) is 0. The van der Waals surface area contributed by atoms with Gasteiger partial charge in [-0.05, 0) is 44.7 Å². The Labute approximate surface area is 138 Å². The Morgan fingerprint density at radius 1 is 1.30 bits per heavy atom. The van der Waals surface area contributed by atoms with Crippen LogP contribution in [0.4, 0.5) is 0 Å². The first-order valence-electron chi connectivity index (χ1n) is 8.26. The molecule has 2 heterocycles. The summed E-state index contributed by atoms with van der Waals surface area (Å²) in [7, 11) is 0. The molecule has 0 amide bonds. The van der Waals surface area contributed by atoms with Gasteiger partial charge >= 0.3 is 0 Å². The van der Waals surface area contributed by atoms with Gasteiger partial charge in [-0.1, -0.05) is 11.6 Å². The van der Waals surface area contributed by atoms with Crippen LogP contribution < -0.4 is 4.74 Å². The van der Waals surface area contributed by atoms with Gasteiger partial charge in [-0.2, -0.15) is 0 Å². The maximum absolute atomic E-state index is 5.61. The topological polar surface area (TPSA) is 49.8 Å². The van der Waals surface area contributed by atoms with Gasteiger partial charge in [0.15, 0.2) is 6.29 Å². The monoisotopic (exact) mass is 321 g/mol. The molecule has 1 aliphatic rings. The van der Waals surface area contributed by atoms with E-state index in [2.05, 4.69) is 24.9 Å². The van der Waals surface area contributed by atoms with Crippen molar-refractivity contribution in [2.45, 2.75) is 46.0 Å².